The second-order valence-electron chi connectivity index (χ2n) is 7.94. The fourth-order valence-electron chi connectivity index (χ4n) is 3.36. The minimum absolute atomic E-state index is 0.0582. The number of aliphatic hydroxyl groups excluding tert-OH is 1. The summed E-state index contributed by atoms with van der Waals surface area (Å²) in [4.78, 5) is 8.40. The molecule has 0 bridgehead atoms. The smallest absolute Gasteiger partial charge is 0.165 e. The first-order chi connectivity index (χ1) is 13.4. The van der Waals surface area contributed by atoms with Crippen molar-refractivity contribution < 1.29 is 14.2 Å². The number of nitrogens with one attached hydrogen (secondary N) is 1. The van der Waals surface area contributed by atoms with Crippen LogP contribution in [-0.4, -0.2) is 40.9 Å². The summed E-state index contributed by atoms with van der Waals surface area (Å²) in [5.41, 5.74) is 7.47. The predicted octanol–water partition coefficient (Wildman–Crippen LogP) is 2.84. The van der Waals surface area contributed by atoms with E-state index in [1.165, 1.54) is 6.07 Å². The van der Waals surface area contributed by atoms with Gasteiger partial charge in [0, 0.05) is 12.5 Å². The summed E-state index contributed by atoms with van der Waals surface area (Å²) < 4.78 is 19.8. The van der Waals surface area contributed by atoms with Crippen molar-refractivity contribution in [3.05, 3.63) is 47.7 Å². The van der Waals surface area contributed by atoms with E-state index in [0.717, 1.165) is 30.6 Å². The molecule has 1 atom stereocenters. The van der Waals surface area contributed by atoms with Crippen molar-refractivity contribution in [1.29, 1.82) is 0 Å². The molecule has 28 heavy (non-hydrogen) atoms. The summed E-state index contributed by atoms with van der Waals surface area (Å²) in [6, 6.07) is 5.08. The summed E-state index contributed by atoms with van der Waals surface area (Å²) >= 11 is 0. The van der Waals surface area contributed by atoms with E-state index in [0.29, 0.717) is 30.1 Å². The number of rotatable bonds is 9. The van der Waals surface area contributed by atoms with E-state index in [2.05, 4.69) is 29.1 Å². The van der Waals surface area contributed by atoms with Crippen LogP contribution < -0.4 is 15.8 Å². The van der Waals surface area contributed by atoms with E-state index in [4.69, 9.17) is 10.5 Å². The van der Waals surface area contributed by atoms with E-state index in [9.17, 15) is 9.50 Å². The van der Waals surface area contributed by atoms with Gasteiger partial charge in [0.15, 0.2) is 11.6 Å². The Kier molecular flexibility index (Phi) is 6.80. The molecule has 0 radical (unpaired) electrons. The predicted molar refractivity (Wildman–Crippen MR) is 107 cm³/mol. The monoisotopic (exact) mass is 388 g/mol. The standard InChI is InChI=1S/C21H29FN4O2/c1-13(2)8-24-9-17(27)12-28-20-4-3-14(7-18(20)22)15-5-16(6-15)19-10-26-21(23)11-25-19/h3-4,7,10-11,13,15-17,24,27H,5-6,8-9,12H2,1-2H3,(H2,23,26). The first kappa shape index (κ1) is 20.5. The van der Waals surface area contributed by atoms with Crippen LogP contribution in [0.4, 0.5) is 10.2 Å². The fraction of sp³-hybridized carbons (Fsp3) is 0.524. The molecule has 7 heteroatoms. The van der Waals surface area contributed by atoms with Crippen molar-refractivity contribution in [1.82, 2.24) is 15.3 Å². The van der Waals surface area contributed by atoms with Gasteiger partial charge in [0.25, 0.3) is 0 Å². The van der Waals surface area contributed by atoms with Crippen molar-refractivity contribution in [3.63, 3.8) is 0 Å². The van der Waals surface area contributed by atoms with E-state index >= 15 is 0 Å². The quantitative estimate of drug-likeness (QED) is 0.612. The molecule has 0 spiro atoms. The summed E-state index contributed by atoms with van der Waals surface area (Å²) in [6.07, 6.45) is 4.44. The van der Waals surface area contributed by atoms with Gasteiger partial charge in [0.2, 0.25) is 0 Å². The van der Waals surface area contributed by atoms with Crippen molar-refractivity contribution in [3.8, 4) is 5.75 Å². The molecule has 3 rings (SSSR count). The topological polar surface area (TPSA) is 93.3 Å². The fourth-order valence-corrected chi connectivity index (χ4v) is 3.36. The lowest BCUT2D eigenvalue weighted by Gasteiger charge is -2.35. The van der Waals surface area contributed by atoms with Crippen LogP contribution in [0.2, 0.25) is 0 Å². The summed E-state index contributed by atoms with van der Waals surface area (Å²) in [5, 5.41) is 13.1. The summed E-state index contributed by atoms with van der Waals surface area (Å²) in [7, 11) is 0. The Bertz CT molecular complexity index is 764. The lowest BCUT2D eigenvalue weighted by atomic mass is 9.70. The van der Waals surface area contributed by atoms with Crippen molar-refractivity contribution in [2.24, 2.45) is 5.92 Å². The van der Waals surface area contributed by atoms with Crippen LogP contribution in [0.5, 0.6) is 5.75 Å². The normalized spacial score (nSPS) is 20.0. The zero-order chi connectivity index (χ0) is 20.1. The molecule has 1 fully saturated rings. The van der Waals surface area contributed by atoms with Gasteiger partial charge in [-0.05, 0) is 48.9 Å². The number of nitrogens with two attached hydrogens (primary N) is 1. The van der Waals surface area contributed by atoms with Gasteiger partial charge in [-0.1, -0.05) is 19.9 Å². The third kappa shape index (κ3) is 5.39. The molecule has 1 aromatic heterocycles. The van der Waals surface area contributed by atoms with E-state index in [-0.39, 0.29) is 12.4 Å². The molecule has 1 saturated carbocycles. The molecule has 1 aromatic carbocycles. The first-order valence-electron chi connectivity index (χ1n) is 9.80. The maximum Gasteiger partial charge on any atom is 0.165 e. The molecular weight excluding hydrogens is 359 g/mol. The lowest BCUT2D eigenvalue weighted by molar-refractivity contribution is 0.103. The molecule has 0 amide bonds. The second kappa shape index (κ2) is 9.30. The number of aromatic nitrogens is 2. The van der Waals surface area contributed by atoms with Crippen molar-refractivity contribution in [2.45, 2.75) is 44.6 Å². The molecule has 0 saturated heterocycles. The third-order valence-corrected chi connectivity index (χ3v) is 5.04. The Morgan fingerprint density at radius 3 is 2.64 bits per heavy atom. The minimum Gasteiger partial charge on any atom is -0.488 e. The Hall–Kier alpha value is -2.25. The number of nitrogen functional groups attached to an aromatic ring is 1. The molecule has 1 heterocycles. The van der Waals surface area contributed by atoms with Crippen LogP contribution in [0.3, 0.4) is 0 Å². The Balaban J connectivity index is 1.47. The van der Waals surface area contributed by atoms with Crippen LogP contribution in [0.25, 0.3) is 0 Å². The second-order valence-corrected chi connectivity index (χ2v) is 7.94. The van der Waals surface area contributed by atoms with Crippen LogP contribution in [-0.2, 0) is 0 Å². The number of ether oxygens (including phenoxy) is 1. The highest BCUT2D eigenvalue weighted by Crippen LogP contribution is 2.47. The van der Waals surface area contributed by atoms with Gasteiger partial charge in [-0.15, -0.1) is 0 Å². The molecule has 0 aliphatic heterocycles. The zero-order valence-corrected chi connectivity index (χ0v) is 16.4. The highest BCUT2D eigenvalue weighted by Gasteiger charge is 2.33. The Labute approximate surface area is 165 Å². The van der Waals surface area contributed by atoms with Crippen LogP contribution in [0.1, 0.15) is 49.8 Å². The van der Waals surface area contributed by atoms with Gasteiger partial charge in [0.1, 0.15) is 18.5 Å². The summed E-state index contributed by atoms with van der Waals surface area (Å²) in [5.74, 6) is 1.35. The number of hydrogen-bond acceptors (Lipinski definition) is 6. The number of hydrogen-bond donors (Lipinski definition) is 3. The van der Waals surface area contributed by atoms with Gasteiger partial charge in [-0.3, -0.25) is 4.98 Å². The molecule has 1 aliphatic rings. The largest absolute Gasteiger partial charge is 0.488 e. The Morgan fingerprint density at radius 1 is 1.21 bits per heavy atom. The summed E-state index contributed by atoms with van der Waals surface area (Å²) in [6.45, 7) is 5.50. The van der Waals surface area contributed by atoms with E-state index in [1.54, 1.807) is 18.5 Å². The highest BCUT2D eigenvalue weighted by molar-refractivity contribution is 5.34. The highest BCUT2D eigenvalue weighted by atomic mass is 19.1. The molecule has 1 unspecified atom stereocenters. The van der Waals surface area contributed by atoms with Crippen LogP contribution in [0.15, 0.2) is 30.6 Å². The van der Waals surface area contributed by atoms with Gasteiger partial charge in [0.05, 0.1) is 18.1 Å². The molecule has 2 aromatic rings. The van der Waals surface area contributed by atoms with Crippen molar-refractivity contribution in [2.75, 3.05) is 25.4 Å². The van der Waals surface area contributed by atoms with Gasteiger partial charge < -0.3 is 20.9 Å². The molecular formula is C21H29FN4O2. The van der Waals surface area contributed by atoms with E-state index in [1.807, 2.05) is 6.07 Å². The molecule has 6 nitrogen and oxygen atoms in total. The molecule has 1 aliphatic carbocycles. The number of benzene rings is 1. The minimum atomic E-state index is -0.675. The molecule has 152 valence electrons. The number of nitrogens with zero attached hydrogens (tertiary/aromatic N) is 2. The van der Waals surface area contributed by atoms with Crippen LogP contribution >= 0.6 is 0 Å². The maximum absolute atomic E-state index is 14.4. The number of halogens is 1. The number of aliphatic hydroxyl groups is 1. The molecule has 4 N–H and O–H groups in total. The SMILES string of the molecule is CC(C)CNCC(O)COc1ccc(C2CC(c3cnc(N)cn3)C2)cc1F. The average Bonchev–Trinajstić information content (AvgIpc) is 2.61. The van der Waals surface area contributed by atoms with Gasteiger partial charge in [-0.2, -0.15) is 0 Å². The third-order valence-electron chi connectivity index (χ3n) is 5.04. The Morgan fingerprint density at radius 2 is 2.00 bits per heavy atom. The lowest BCUT2D eigenvalue weighted by Crippen LogP contribution is -2.33. The number of anilines is 1. The van der Waals surface area contributed by atoms with E-state index < -0.39 is 11.9 Å². The van der Waals surface area contributed by atoms with Gasteiger partial charge >= 0.3 is 0 Å². The average molecular weight is 388 g/mol. The maximum atomic E-state index is 14.4. The first-order valence-corrected chi connectivity index (χ1v) is 9.80. The van der Waals surface area contributed by atoms with Crippen LogP contribution in [0, 0.1) is 11.7 Å². The van der Waals surface area contributed by atoms with Crippen molar-refractivity contribution >= 4 is 5.82 Å². The van der Waals surface area contributed by atoms with Gasteiger partial charge in [-0.25, -0.2) is 9.37 Å². The zero-order valence-electron chi connectivity index (χ0n) is 16.4.